The van der Waals surface area contributed by atoms with Crippen LogP contribution in [0.2, 0.25) is 0 Å². The summed E-state index contributed by atoms with van der Waals surface area (Å²) in [4.78, 5) is 38.1. The Morgan fingerprint density at radius 1 is 1.10 bits per heavy atom. The molecule has 30 heavy (non-hydrogen) atoms. The molecular formula is C22H33N3O5. The number of carbonyl (C=O) groups excluding carboxylic acids is 3. The van der Waals surface area contributed by atoms with Gasteiger partial charge in [-0.2, -0.15) is 0 Å². The second kappa shape index (κ2) is 10.8. The van der Waals surface area contributed by atoms with Crippen LogP contribution in [0.25, 0.3) is 0 Å². The predicted molar refractivity (Wildman–Crippen MR) is 114 cm³/mol. The number of hydrogen-bond donors (Lipinski definition) is 2. The molecule has 0 aliphatic carbocycles. The number of nitrogens with one attached hydrogen (secondary N) is 2. The van der Waals surface area contributed by atoms with Gasteiger partial charge in [0, 0.05) is 37.7 Å². The molecule has 8 heteroatoms. The highest BCUT2D eigenvalue weighted by Crippen LogP contribution is 2.17. The number of likely N-dealkylation sites (tertiary alicyclic amines) is 1. The summed E-state index contributed by atoms with van der Waals surface area (Å²) in [6.07, 6.45) is 1.06. The molecule has 166 valence electrons. The van der Waals surface area contributed by atoms with Crippen LogP contribution in [-0.2, 0) is 9.53 Å². The Kier molecular flexibility index (Phi) is 8.50. The lowest BCUT2D eigenvalue weighted by atomic mass is 10.0. The molecule has 0 spiro atoms. The van der Waals surface area contributed by atoms with Crippen molar-refractivity contribution in [2.75, 3.05) is 26.2 Å². The topological polar surface area (TPSA) is 97.0 Å². The average molecular weight is 420 g/mol. The number of amides is 3. The summed E-state index contributed by atoms with van der Waals surface area (Å²) in [5.74, 6) is 0.614. The van der Waals surface area contributed by atoms with E-state index in [1.165, 1.54) is 0 Å². The number of carbonyl (C=O) groups is 3. The molecule has 2 N–H and O–H groups in total. The third-order valence-electron chi connectivity index (χ3n) is 4.58. The monoisotopic (exact) mass is 419 g/mol. The van der Waals surface area contributed by atoms with Crippen LogP contribution in [0.4, 0.5) is 4.79 Å². The molecule has 3 amide bonds. The van der Waals surface area contributed by atoms with Crippen molar-refractivity contribution in [2.24, 2.45) is 0 Å². The summed E-state index contributed by atoms with van der Waals surface area (Å²) in [5, 5.41) is 5.55. The van der Waals surface area contributed by atoms with E-state index in [1.807, 2.05) is 11.8 Å². The van der Waals surface area contributed by atoms with Gasteiger partial charge in [-0.25, -0.2) is 4.79 Å². The van der Waals surface area contributed by atoms with Crippen LogP contribution in [0.1, 0.15) is 57.3 Å². The van der Waals surface area contributed by atoms with Gasteiger partial charge in [-0.1, -0.05) is 0 Å². The van der Waals surface area contributed by atoms with Gasteiger partial charge in [0.2, 0.25) is 5.91 Å². The summed E-state index contributed by atoms with van der Waals surface area (Å²) in [6.45, 7) is 9.25. The Morgan fingerprint density at radius 2 is 1.73 bits per heavy atom. The van der Waals surface area contributed by atoms with Crippen LogP contribution >= 0.6 is 0 Å². The molecule has 8 nitrogen and oxygen atoms in total. The van der Waals surface area contributed by atoms with Crippen LogP contribution in [-0.4, -0.2) is 60.7 Å². The summed E-state index contributed by atoms with van der Waals surface area (Å²) in [6, 6.07) is 7.19. The van der Waals surface area contributed by atoms with Gasteiger partial charge in [0.1, 0.15) is 11.4 Å². The van der Waals surface area contributed by atoms with E-state index in [-0.39, 0.29) is 30.8 Å². The molecule has 1 aliphatic rings. The minimum absolute atomic E-state index is 0.00983. The van der Waals surface area contributed by atoms with E-state index >= 15 is 0 Å². The summed E-state index contributed by atoms with van der Waals surface area (Å²) in [7, 11) is 0. The molecule has 1 heterocycles. The standard InChI is InChI=1S/C22H33N3O5/c1-5-29-18-8-6-16(7-9-18)20(27)25-14-11-17(12-15-25)24-19(26)10-13-23-21(28)30-22(2,3)4/h6-9,17H,5,10-15H2,1-4H3,(H,23,28)(H,24,26). The first-order valence-electron chi connectivity index (χ1n) is 10.5. The molecule has 2 rings (SSSR count). The zero-order valence-electron chi connectivity index (χ0n) is 18.3. The fourth-order valence-corrected chi connectivity index (χ4v) is 3.16. The Bertz CT molecular complexity index is 719. The Hall–Kier alpha value is -2.77. The Morgan fingerprint density at radius 3 is 2.30 bits per heavy atom. The predicted octanol–water partition coefficient (Wildman–Crippen LogP) is 2.72. The minimum Gasteiger partial charge on any atom is -0.494 e. The van der Waals surface area contributed by atoms with Crippen molar-refractivity contribution < 1.29 is 23.9 Å². The fourth-order valence-electron chi connectivity index (χ4n) is 3.16. The lowest BCUT2D eigenvalue weighted by molar-refractivity contribution is -0.121. The van der Waals surface area contributed by atoms with Gasteiger partial charge in [-0.15, -0.1) is 0 Å². The summed E-state index contributed by atoms with van der Waals surface area (Å²) >= 11 is 0. The highest BCUT2D eigenvalue weighted by Gasteiger charge is 2.24. The first kappa shape index (κ1) is 23.5. The lowest BCUT2D eigenvalue weighted by Crippen LogP contribution is -2.47. The van der Waals surface area contributed by atoms with Crippen LogP contribution in [0, 0.1) is 0 Å². The van der Waals surface area contributed by atoms with Gasteiger partial charge in [0.25, 0.3) is 5.91 Å². The molecule has 0 unspecified atom stereocenters. The highest BCUT2D eigenvalue weighted by atomic mass is 16.6. The molecule has 1 aliphatic heterocycles. The van der Waals surface area contributed by atoms with Crippen molar-refractivity contribution in [3.8, 4) is 5.75 Å². The molecule has 1 saturated heterocycles. The smallest absolute Gasteiger partial charge is 0.407 e. The van der Waals surface area contributed by atoms with Crippen molar-refractivity contribution in [3.63, 3.8) is 0 Å². The van der Waals surface area contributed by atoms with Crippen LogP contribution in [0.5, 0.6) is 5.75 Å². The largest absolute Gasteiger partial charge is 0.494 e. The van der Waals surface area contributed by atoms with E-state index in [4.69, 9.17) is 9.47 Å². The van der Waals surface area contributed by atoms with Gasteiger partial charge in [-0.05, 0) is 64.8 Å². The maximum absolute atomic E-state index is 12.6. The molecule has 1 aromatic rings. The highest BCUT2D eigenvalue weighted by molar-refractivity contribution is 5.94. The first-order chi connectivity index (χ1) is 14.2. The molecular weight excluding hydrogens is 386 g/mol. The van der Waals surface area contributed by atoms with E-state index < -0.39 is 11.7 Å². The number of ether oxygens (including phenoxy) is 2. The third kappa shape index (κ3) is 7.93. The van der Waals surface area contributed by atoms with Crippen molar-refractivity contribution in [2.45, 2.75) is 58.6 Å². The maximum atomic E-state index is 12.6. The first-order valence-corrected chi connectivity index (χ1v) is 10.5. The number of alkyl carbamates (subject to hydrolysis) is 1. The maximum Gasteiger partial charge on any atom is 0.407 e. The van der Waals surface area contributed by atoms with E-state index in [1.54, 1.807) is 45.0 Å². The second-order valence-electron chi connectivity index (χ2n) is 8.27. The van der Waals surface area contributed by atoms with Crippen molar-refractivity contribution in [1.29, 1.82) is 0 Å². The zero-order valence-corrected chi connectivity index (χ0v) is 18.3. The molecule has 1 aromatic carbocycles. The number of benzene rings is 1. The van der Waals surface area contributed by atoms with E-state index in [9.17, 15) is 14.4 Å². The Labute approximate surface area is 178 Å². The van der Waals surface area contributed by atoms with Crippen LogP contribution < -0.4 is 15.4 Å². The molecule has 0 radical (unpaired) electrons. The van der Waals surface area contributed by atoms with Gasteiger partial charge < -0.3 is 25.0 Å². The van der Waals surface area contributed by atoms with Crippen LogP contribution in [0.3, 0.4) is 0 Å². The normalized spacial score (nSPS) is 14.7. The van der Waals surface area contributed by atoms with E-state index in [0.717, 1.165) is 5.75 Å². The van der Waals surface area contributed by atoms with Crippen molar-refractivity contribution in [3.05, 3.63) is 29.8 Å². The SMILES string of the molecule is CCOc1ccc(C(=O)N2CCC(NC(=O)CCNC(=O)OC(C)(C)C)CC2)cc1. The van der Waals surface area contributed by atoms with Crippen molar-refractivity contribution >= 4 is 17.9 Å². The van der Waals surface area contributed by atoms with Crippen molar-refractivity contribution in [1.82, 2.24) is 15.5 Å². The third-order valence-corrected chi connectivity index (χ3v) is 4.58. The fraction of sp³-hybridized carbons (Fsp3) is 0.591. The molecule has 0 bridgehead atoms. The number of nitrogens with zero attached hydrogens (tertiary/aromatic N) is 1. The average Bonchev–Trinajstić information content (AvgIpc) is 2.67. The van der Waals surface area contributed by atoms with Crippen LogP contribution in [0.15, 0.2) is 24.3 Å². The number of rotatable bonds is 7. The Balaban J connectivity index is 1.69. The van der Waals surface area contributed by atoms with Gasteiger partial charge >= 0.3 is 6.09 Å². The van der Waals surface area contributed by atoms with E-state index in [2.05, 4.69) is 10.6 Å². The van der Waals surface area contributed by atoms with Gasteiger partial charge in [0.15, 0.2) is 0 Å². The van der Waals surface area contributed by atoms with Gasteiger partial charge in [-0.3, -0.25) is 9.59 Å². The molecule has 0 atom stereocenters. The second-order valence-corrected chi connectivity index (χ2v) is 8.27. The lowest BCUT2D eigenvalue weighted by Gasteiger charge is -2.32. The molecule has 0 aromatic heterocycles. The molecule has 1 fully saturated rings. The summed E-state index contributed by atoms with van der Waals surface area (Å²) in [5.41, 5.74) is 0.0671. The van der Waals surface area contributed by atoms with E-state index in [0.29, 0.717) is 38.1 Å². The van der Waals surface area contributed by atoms with Gasteiger partial charge in [0.05, 0.1) is 6.61 Å². The zero-order chi connectivity index (χ0) is 22.1. The number of hydrogen-bond acceptors (Lipinski definition) is 5. The number of piperidine rings is 1. The minimum atomic E-state index is -0.566. The molecule has 0 saturated carbocycles. The quantitative estimate of drug-likeness (QED) is 0.708. The summed E-state index contributed by atoms with van der Waals surface area (Å²) < 4.78 is 10.5.